The summed E-state index contributed by atoms with van der Waals surface area (Å²) in [6.07, 6.45) is 0.300. The predicted octanol–water partition coefficient (Wildman–Crippen LogP) is 4.07. The van der Waals surface area contributed by atoms with Gasteiger partial charge in [-0.3, -0.25) is 14.8 Å². The van der Waals surface area contributed by atoms with E-state index in [9.17, 15) is 23.1 Å². The lowest BCUT2D eigenvalue weighted by Crippen LogP contribution is -2.44. The summed E-state index contributed by atoms with van der Waals surface area (Å²) in [5.41, 5.74) is 1.66. The number of nitrogens with zero attached hydrogens (tertiary/aromatic N) is 3. The Morgan fingerprint density at radius 2 is 1.92 bits per heavy atom. The van der Waals surface area contributed by atoms with Gasteiger partial charge in [0.05, 0.1) is 22.5 Å². The van der Waals surface area contributed by atoms with E-state index in [0.717, 1.165) is 18.2 Å². The molecule has 3 aliphatic heterocycles. The molecule has 2 N–H and O–H groups in total. The number of carbonyl (C=O) groups excluding carboxylic acids is 1. The van der Waals surface area contributed by atoms with Gasteiger partial charge in [0.25, 0.3) is 5.91 Å². The number of phenolic OH excluding ortho intramolecular Hbond substituents is 1. The number of carbonyl (C=O) groups is 1. The van der Waals surface area contributed by atoms with Crippen molar-refractivity contribution in [1.82, 2.24) is 10.2 Å². The van der Waals surface area contributed by atoms with E-state index in [4.69, 9.17) is 7.85 Å². The third-order valence-electron chi connectivity index (χ3n) is 6.79. The maximum atomic E-state index is 13.5. The van der Waals surface area contributed by atoms with Gasteiger partial charge in [-0.1, -0.05) is 29.7 Å². The van der Waals surface area contributed by atoms with Crippen LogP contribution in [0, 0.1) is 5.92 Å². The first-order valence-corrected chi connectivity index (χ1v) is 12.0. The lowest BCUT2D eigenvalue weighted by Gasteiger charge is -2.34. The van der Waals surface area contributed by atoms with Crippen LogP contribution in [0.25, 0.3) is 0 Å². The van der Waals surface area contributed by atoms with E-state index in [1.54, 1.807) is 30.5 Å². The molecule has 3 heterocycles. The fraction of sp³-hybridized carbons (Fsp3) is 0.296. The minimum absolute atomic E-state index is 0.0271. The second-order valence-corrected chi connectivity index (χ2v) is 9.32. The van der Waals surface area contributed by atoms with Gasteiger partial charge in [-0.2, -0.15) is 13.2 Å². The van der Waals surface area contributed by atoms with Gasteiger partial charge in [0.2, 0.25) is 0 Å². The highest BCUT2D eigenvalue weighted by atomic mass is 19.4. The van der Waals surface area contributed by atoms with Crippen LogP contribution < -0.4 is 5.32 Å². The lowest BCUT2D eigenvalue weighted by atomic mass is 9.91. The minimum Gasteiger partial charge on any atom is -0.507 e. The highest BCUT2D eigenvalue weighted by Crippen LogP contribution is 2.33. The summed E-state index contributed by atoms with van der Waals surface area (Å²) in [6.45, 7) is 1.24. The number of fused-ring (bicyclic) bond motifs is 1. The Bertz CT molecular complexity index is 1350. The first-order chi connectivity index (χ1) is 17.7. The maximum Gasteiger partial charge on any atom is 0.417 e. The van der Waals surface area contributed by atoms with Crippen molar-refractivity contribution in [2.24, 2.45) is 15.9 Å². The number of piperidine rings is 1. The molecule has 2 aromatic rings. The number of rotatable bonds is 5. The number of benzene rings is 2. The number of aliphatic imine (C=N–C) groups is 2. The number of para-hydroxylation sites is 1. The summed E-state index contributed by atoms with van der Waals surface area (Å²) in [7, 11) is 6.10. The molecule has 1 fully saturated rings. The Morgan fingerprint density at radius 1 is 1.16 bits per heavy atom. The van der Waals surface area contributed by atoms with Gasteiger partial charge in [0.1, 0.15) is 19.6 Å². The zero-order valence-electron chi connectivity index (χ0n) is 19.9. The van der Waals surface area contributed by atoms with Crippen LogP contribution in [0.3, 0.4) is 0 Å². The standard InChI is InChI=1S/C27H24BF3N4O2/c28-20-14-33-25-22(12-21(34-24(20)25)18-8-2-4-10-23(18)36)32-13-16-6-5-11-35(15-16)26(37)17-7-1-3-9-19(17)27(29,30)31/h1-4,7-10,12,14,16,25,32,36H,5-6,11,13,15H2. The van der Waals surface area contributed by atoms with E-state index < -0.39 is 23.7 Å². The molecule has 0 spiro atoms. The summed E-state index contributed by atoms with van der Waals surface area (Å²) in [5.74, 6) is -0.491. The van der Waals surface area contributed by atoms with E-state index in [1.807, 2.05) is 6.08 Å². The van der Waals surface area contributed by atoms with Crippen LogP contribution in [0.1, 0.15) is 34.3 Å². The first-order valence-electron chi connectivity index (χ1n) is 12.0. The second kappa shape index (κ2) is 9.92. The van der Waals surface area contributed by atoms with Crippen LogP contribution >= 0.6 is 0 Å². The molecule has 1 amide bonds. The molecule has 37 heavy (non-hydrogen) atoms. The molecule has 0 aromatic heterocycles. The van der Waals surface area contributed by atoms with Gasteiger partial charge >= 0.3 is 6.18 Å². The molecule has 188 valence electrons. The number of hydrogen-bond donors (Lipinski definition) is 2. The Kier molecular flexibility index (Phi) is 6.66. The molecule has 2 atom stereocenters. The third kappa shape index (κ3) is 5.05. The normalized spacial score (nSPS) is 21.4. The van der Waals surface area contributed by atoms with Gasteiger partial charge in [-0.05, 0) is 49.1 Å². The number of nitrogens with one attached hydrogen (secondary N) is 1. The van der Waals surface area contributed by atoms with Crippen molar-refractivity contribution < 1.29 is 23.1 Å². The summed E-state index contributed by atoms with van der Waals surface area (Å²) >= 11 is 0. The smallest absolute Gasteiger partial charge is 0.417 e. The second-order valence-electron chi connectivity index (χ2n) is 9.32. The van der Waals surface area contributed by atoms with Crippen molar-refractivity contribution in [2.75, 3.05) is 19.6 Å². The van der Waals surface area contributed by atoms with E-state index in [2.05, 4.69) is 15.3 Å². The van der Waals surface area contributed by atoms with Gasteiger partial charge < -0.3 is 15.3 Å². The fourth-order valence-corrected chi connectivity index (χ4v) is 4.93. The molecular formula is C27H24BF3N4O2. The van der Waals surface area contributed by atoms with Crippen LogP contribution in [0.15, 0.2) is 81.5 Å². The fourth-order valence-electron chi connectivity index (χ4n) is 4.93. The molecule has 1 saturated heterocycles. The van der Waals surface area contributed by atoms with Crippen molar-refractivity contribution >= 4 is 25.7 Å². The number of aromatic hydroxyl groups is 1. The van der Waals surface area contributed by atoms with Crippen LogP contribution in [0.2, 0.25) is 0 Å². The van der Waals surface area contributed by atoms with Gasteiger partial charge in [-0.25, -0.2) is 0 Å². The zero-order valence-corrected chi connectivity index (χ0v) is 19.9. The molecule has 2 unspecified atom stereocenters. The van der Waals surface area contributed by atoms with Crippen LogP contribution in [0.5, 0.6) is 5.75 Å². The average Bonchev–Trinajstić information content (AvgIpc) is 3.27. The predicted molar refractivity (Wildman–Crippen MR) is 136 cm³/mol. The lowest BCUT2D eigenvalue weighted by molar-refractivity contribution is -0.138. The third-order valence-corrected chi connectivity index (χ3v) is 6.79. The highest BCUT2D eigenvalue weighted by Gasteiger charge is 2.37. The summed E-state index contributed by atoms with van der Waals surface area (Å²) in [4.78, 5) is 23.6. The number of likely N-dealkylation sites (tertiary alicyclic amines) is 1. The number of phenols is 1. The minimum atomic E-state index is -4.60. The van der Waals surface area contributed by atoms with E-state index in [1.165, 1.54) is 23.1 Å². The number of alkyl halides is 3. The molecule has 5 rings (SSSR count). The molecule has 2 aromatic carbocycles. The van der Waals surface area contributed by atoms with Crippen molar-refractivity contribution in [3.05, 3.63) is 88.2 Å². The monoisotopic (exact) mass is 504 g/mol. The quantitative estimate of drug-likeness (QED) is 0.603. The van der Waals surface area contributed by atoms with Crippen LogP contribution in [0.4, 0.5) is 13.2 Å². The van der Waals surface area contributed by atoms with E-state index in [-0.39, 0.29) is 17.2 Å². The summed E-state index contributed by atoms with van der Waals surface area (Å²) in [6, 6.07) is 11.4. The Labute approximate surface area is 213 Å². The van der Waals surface area contributed by atoms with Crippen molar-refractivity contribution in [2.45, 2.75) is 25.1 Å². The number of hydrogen-bond acceptors (Lipinski definition) is 5. The molecular weight excluding hydrogens is 480 g/mol. The summed E-state index contributed by atoms with van der Waals surface area (Å²) in [5, 5.41) is 13.7. The Hall–Kier alpha value is -3.82. The first kappa shape index (κ1) is 24.9. The molecule has 10 heteroatoms. The maximum absolute atomic E-state index is 13.5. The highest BCUT2D eigenvalue weighted by molar-refractivity contribution is 6.34. The van der Waals surface area contributed by atoms with Gasteiger partial charge in [-0.15, -0.1) is 0 Å². The van der Waals surface area contributed by atoms with Crippen molar-refractivity contribution in [3.63, 3.8) is 0 Å². The number of amides is 1. The van der Waals surface area contributed by atoms with Crippen LogP contribution in [-0.4, -0.2) is 61.4 Å². The van der Waals surface area contributed by atoms with Gasteiger partial charge in [0, 0.05) is 37.1 Å². The SMILES string of the molecule is [B]C1=C2N=C(c3ccccc3O)C=C(NCC3CCCN(C(=O)c4ccccc4C(F)(F)F)C3)C2N=C1. The van der Waals surface area contributed by atoms with E-state index >= 15 is 0 Å². The largest absolute Gasteiger partial charge is 0.507 e. The number of halogens is 3. The number of allylic oxidation sites excluding steroid dienone is 2. The molecule has 0 saturated carbocycles. The molecule has 0 aliphatic carbocycles. The molecule has 3 aliphatic rings. The zero-order chi connectivity index (χ0) is 26.2. The van der Waals surface area contributed by atoms with Crippen molar-refractivity contribution in [3.8, 4) is 5.75 Å². The molecule has 0 bridgehead atoms. The van der Waals surface area contributed by atoms with Crippen LogP contribution in [-0.2, 0) is 6.18 Å². The van der Waals surface area contributed by atoms with Crippen molar-refractivity contribution in [1.29, 1.82) is 0 Å². The topological polar surface area (TPSA) is 77.3 Å². The van der Waals surface area contributed by atoms with E-state index in [0.29, 0.717) is 48.5 Å². The Balaban J connectivity index is 1.32. The molecule has 2 radical (unpaired) electrons. The number of dihydropyridines is 1. The Morgan fingerprint density at radius 3 is 2.70 bits per heavy atom. The average molecular weight is 504 g/mol. The summed E-state index contributed by atoms with van der Waals surface area (Å²) < 4.78 is 40.4. The van der Waals surface area contributed by atoms with Gasteiger partial charge in [0.15, 0.2) is 0 Å². The molecule has 6 nitrogen and oxygen atoms in total.